The van der Waals surface area contributed by atoms with Crippen molar-refractivity contribution in [3.05, 3.63) is 47.9 Å². The summed E-state index contributed by atoms with van der Waals surface area (Å²) in [7, 11) is 0. The highest BCUT2D eigenvalue weighted by Crippen LogP contribution is 2.21. The number of rotatable bonds is 5. The van der Waals surface area contributed by atoms with Crippen LogP contribution in [-0.2, 0) is 11.3 Å². The zero-order valence-electron chi connectivity index (χ0n) is 14.0. The second-order valence-corrected chi connectivity index (χ2v) is 6.59. The van der Waals surface area contributed by atoms with Gasteiger partial charge in [0.15, 0.2) is 5.16 Å². The lowest BCUT2D eigenvalue weighted by molar-refractivity contribution is -0.113. The van der Waals surface area contributed by atoms with E-state index in [1.54, 1.807) is 0 Å². The van der Waals surface area contributed by atoms with Crippen molar-refractivity contribution in [2.45, 2.75) is 32.5 Å². The van der Waals surface area contributed by atoms with E-state index in [0.29, 0.717) is 5.16 Å². The summed E-state index contributed by atoms with van der Waals surface area (Å²) >= 11 is 1.35. The van der Waals surface area contributed by atoms with Crippen LogP contribution in [0.5, 0.6) is 0 Å². The van der Waals surface area contributed by atoms with Crippen LogP contribution in [0.25, 0.3) is 10.9 Å². The smallest absolute Gasteiger partial charge is 0.234 e. The molecular formula is C18H20N4OS. The number of aryl methyl sites for hydroxylation is 3. The van der Waals surface area contributed by atoms with Gasteiger partial charge in [-0.2, -0.15) is 0 Å². The summed E-state index contributed by atoms with van der Waals surface area (Å²) in [5.41, 5.74) is 3.81. The van der Waals surface area contributed by atoms with E-state index in [0.717, 1.165) is 29.0 Å². The number of thioether (sulfide) groups is 1. The minimum atomic E-state index is -0.0583. The predicted octanol–water partition coefficient (Wildman–Crippen LogP) is 3.80. The van der Waals surface area contributed by atoms with E-state index in [2.05, 4.69) is 39.0 Å². The summed E-state index contributed by atoms with van der Waals surface area (Å²) in [5.74, 6) is 0.230. The van der Waals surface area contributed by atoms with Crippen LogP contribution >= 0.6 is 11.8 Å². The molecule has 0 atom stereocenters. The fraction of sp³-hybridized carbons (Fsp3) is 0.278. The number of aromatic nitrogens is 3. The summed E-state index contributed by atoms with van der Waals surface area (Å²) in [4.78, 5) is 20.8. The molecule has 0 fully saturated rings. The lowest BCUT2D eigenvalue weighted by Gasteiger charge is -2.07. The number of benzene rings is 1. The Morgan fingerprint density at radius 2 is 1.92 bits per heavy atom. The SMILES string of the molecule is CCn1ccc2cc(NC(=O)CSc3nc(C)cc(C)n3)ccc21. The van der Waals surface area contributed by atoms with Crippen LogP contribution in [0.4, 0.5) is 5.69 Å². The van der Waals surface area contributed by atoms with Crippen LogP contribution in [-0.4, -0.2) is 26.2 Å². The van der Waals surface area contributed by atoms with Gasteiger partial charge in [-0.1, -0.05) is 11.8 Å². The second-order valence-electron chi connectivity index (χ2n) is 5.65. The average molecular weight is 340 g/mol. The van der Waals surface area contributed by atoms with Crippen LogP contribution in [0.3, 0.4) is 0 Å². The highest BCUT2D eigenvalue weighted by molar-refractivity contribution is 7.99. The molecule has 0 saturated carbocycles. The Balaban J connectivity index is 1.64. The first-order valence-corrected chi connectivity index (χ1v) is 8.87. The number of carbonyl (C=O) groups excluding carboxylic acids is 1. The van der Waals surface area contributed by atoms with Crippen molar-refractivity contribution in [3.8, 4) is 0 Å². The van der Waals surface area contributed by atoms with Gasteiger partial charge in [0.2, 0.25) is 5.91 Å². The molecule has 2 aromatic heterocycles. The topological polar surface area (TPSA) is 59.8 Å². The van der Waals surface area contributed by atoms with Crippen LogP contribution < -0.4 is 5.32 Å². The zero-order chi connectivity index (χ0) is 17.1. The Morgan fingerprint density at radius 1 is 1.17 bits per heavy atom. The molecule has 0 bridgehead atoms. The fourth-order valence-corrected chi connectivity index (χ4v) is 3.39. The third-order valence-electron chi connectivity index (χ3n) is 3.69. The lowest BCUT2D eigenvalue weighted by Crippen LogP contribution is -2.14. The van der Waals surface area contributed by atoms with Gasteiger partial charge in [-0.05, 0) is 51.1 Å². The maximum absolute atomic E-state index is 12.2. The molecule has 0 saturated heterocycles. The van der Waals surface area contributed by atoms with E-state index in [1.807, 2.05) is 38.1 Å². The van der Waals surface area contributed by atoms with Gasteiger partial charge in [0, 0.05) is 40.7 Å². The molecular weight excluding hydrogens is 320 g/mol. The molecule has 0 radical (unpaired) electrons. The van der Waals surface area contributed by atoms with Gasteiger partial charge < -0.3 is 9.88 Å². The minimum absolute atomic E-state index is 0.0583. The molecule has 1 aromatic carbocycles. The van der Waals surface area contributed by atoms with E-state index in [1.165, 1.54) is 17.3 Å². The van der Waals surface area contributed by atoms with Gasteiger partial charge >= 0.3 is 0 Å². The number of fused-ring (bicyclic) bond motifs is 1. The Hall–Kier alpha value is -2.34. The van der Waals surface area contributed by atoms with Gasteiger partial charge in [-0.15, -0.1) is 0 Å². The van der Waals surface area contributed by atoms with Crippen molar-refractivity contribution in [3.63, 3.8) is 0 Å². The first-order valence-electron chi connectivity index (χ1n) is 7.89. The minimum Gasteiger partial charge on any atom is -0.348 e. The molecule has 5 nitrogen and oxygen atoms in total. The first kappa shape index (κ1) is 16.5. The maximum atomic E-state index is 12.2. The molecule has 0 aliphatic carbocycles. The Labute approximate surface area is 145 Å². The average Bonchev–Trinajstić information content (AvgIpc) is 2.94. The molecule has 3 rings (SSSR count). The Morgan fingerprint density at radius 3 is 2.62 bits per heavy atom. The fourth-order valence-electron chi connectivity index (χ4n) is 2.64. The van der Waals surface area contributed by atoms with Gasteiger partial charge in [-0.25, -0.2) is 9.97 Å². The van der Waals surface area contributed by atoms with Crippen molar-refractivity contribution in [1.29, 1.82) is 0 Å². The number of hydrogen-bond donors (Lipinski definition) is 1. The van der Waals surface area contributed by atoms with Gasteiger partial charge in [0.25, 0.3) is 0 Å². The maximum Gasteiger partial charge on any atom is 0.234 e. The summed E-state index contributed by atoms with van der Waals surface area (Å²) in [6.07, 6.45) is 2.06. The van der Waals surface area contributed by atoms with E-state index in [4.69, 9.17) is 0 Å². The molecule has 0 aliphatic heterocycles. The van der Waals surface area contributed by atoms with Crippen molar-refractivity contribution >= 4 is 34.3 Å². The molecule has 1 amide bonds. The molecule has 6 heteroatoms. The first-order chi connectivity index (χ1) is 11.5. The molecule has 0 spiro atoms. The second kappa shape index (κ2) is 7.05. The predicted molar refractivity (Wildman–Crippen MR) is 98.5 cm³/mol. The molecule has 3 aromatic rings. The number of hydrogen-bond acceptors (Lipinski definition) is 4. The molecule has 0 aliphatic rings. The van der Waals surface area contributed by atoms with Crippen molar-refractivity contribution < 1.29 is 4.79 Å². The summed E-state index contributed by atoms with van der Waals surface area (Å²) in [6.45, 7) is 6.90. The van der Waals surface area contributed by atoms with Crippen LogP contribution in [0.2, 0.25) is 0 Å². The largest absolute Gasteiger partial charge is 0.348 e. The standard InChI is InChI=1S/C18H20N4OS/c1-4-22-8-7-14-10-15(5-6-16(14)22)21-17(23)11-24-18-19-12(2)9-13(3)20-18/h5-10H,4,11H2,1-3H3,(H,21,23). The summed E-state index contributed by atoms with van der Waals surface area (Å²) < 4.78 is 2.17. The highest BCUT2D eigenvalue weighted by Gasteiger charge is 2.08. The highest BCUT2D eigenvalue weighted by atomic mass is 32.2. The zero-order valence-corrected chi connectivity index (χ0v) is 14.9. The lowest BCUT2D eigenvalue weighted by atomic mass is 10.2. The van der Waals surface area contributed by atoms with Gasteiger partial charge in [-0.3, -0.25) is 4.79 Å². The molecule has 1 N–H and O–H groups in total. The van der Waals surface area contributed by atoms with Crippen LogP contribution in [0, 0.1) is 13.8 Å². The number of nitrogens with zero attached hydrogens (tertiary/aromatic N) is 3. The quantitative estimate of drug-likeness (QED) is 0.567. The van der Waals surface area contributed by atoms with E-state index in [-0.39, 0.29) is 11.7 Å². The van der Waals surface area contributed by atoms with E-state index < -0.39 is 0 Å². The number of amides is 1. The van der Waals surface area contributed by atoms with E-state index >= 15 is 0 Å². The Bertz CT molecular complexity index is 868. The van der Waals surface area contributed by atoms with Crippen LogP contribution in [0.15, 0.2) is 41.7 Å². The van der Waals surface area contributed by atoms with Gasteiger partial charge in [0.1, 0.15) is 0 Å². The molecule has 24 heavy (non-hydrogen) atoms. The molecule has 2 heterocycles. The number of nitrogens with one attached hydrogen (secondary N) is 1. The third-order valence-corrected chi connectivity index (χ3v) is 4.54. The van der Waals surface area contributed by atoms with E-state index in [9.17, 15) is 4.79 Å². The number of carbonyl (C=O) groups is 1. The molecule has 124 valence electrons. The Kier molecular flexibility index (Phi) is 4.85. The van der Waals surface area contributed by atoms with Crippen molar-refractivity contribution in [2.24, 2.45) is 0 Å². The third kappa shape index (κ3) is 3.76. The van der Waals surface area contributed by atoms with Crippen LogP contribution in [0.1, 0.15) is 18.3 Å². The summed E-state index contributed by atoms with van der Waals surface area (Å²) in [6, 6.07) is 9.95. The summed E-state index contributed by atoms with van der Waals surface area (Å²) in [5, 5.41) is 4.70. The molecule has 0 unspecified atom stereocenters. The van der Waals surface area contributed by atoms with Gasteiger partial charge in [0.05, 0.1) is 5.75 Å². The normalized spacial score (nSPS) is 11.0. The number of anilines is 1. The van der Waals surface area contributed by atoms with Crippen molar-refractivity contribution in [1.82, 2.24) is 14.5 Å². The van der Waals surface area contributed by atoms with Crippen molar-refractivity contribution in [2.75, 3.05) is 11.1 Å². The monoisotopic (exact) mass is 340 g/mol.